The van der Waals surface area contributed by atoms with Gasteiger partial charge in [-0.1, -0.05) is 43.5 Å². The smallest absolute Gasteiger partial charge is 0.407 e. The van der Waals surface area contributed by atoms with Crippen molar-refractivity contribution < 1.29 is 47.9 Å². The lowest BCUT2D eigenvalue weighted by Gasteiger charge is -2.35. The lowest BCUT2D eigenvalue weighted by atomic mass is 9.83. The van der Waals surface area contributed by atoms with E-state index in [9.17, 15) is 24.8 Å². The first-order valence-electron chi connectivity index (χ1n) is 28.4. The number of aromatic nitrogens is 2. The van der Waals surface area contributed by atoms with Gasteiger partial charge in [-0.25, -0.2) is 14.8 Å². The largest absolute Gasteiger partial charge is 0.496 e. The highest BCUT2D eigenvalue weighted by molar-refractivity contribution is 7.10. The number of nitrogens with one attached hydrogen (secondary N) is 2. The van der Waals surface area contributed by atoms with Crippen LogP contribution in [0, 0.1) is 17.2 Å². The Balaban J connectivity index is 0.711. The number of ether oxygens (including phenoxy) is 6. The fourth-order valence-corrected chi connectivity index (χ4v) is 11.9. The first-order valence-corrected chi connectivity index (χ1v) is 29.3. The molecule has 9 rings (SSSR count). The van der Waals surface area contributed by atoms with E-state index in [0.29, 0.717) is 76.5 Å². The van der Waals surface area contributed by atoms with Crippen LogP contribution in [0.2, 0.25) is 0 Å². The molecule has 3 aliphatic rings. The summed E-state index contributed by atoms with van der Waals surface area (Å²) < 4.78 is 35.8. The number of carboxylic acid groups (broad SMARTS) is 1. The number of carbonyl (C=O) groups excluding carboxylic acids is 2. The Morgan fingerprint density at radius 3 is 2.18 bits per heavy atom. The first kappa shape index (κ1) is 59.1. The van der Waals surface area contributed by atoms with E-state index < -0.39 is 24.1 Å². The lowest BCUT2D eigenvalue weighted by Crippen LogP contribution is -2.56. The Bertz CT molecular complexity index is 3160. The summed E-state index contributed by atoms with van der Waals surface area (Å²) in [6.45, 7) is 8.91. The highest BCUT2D eigenvalue weighted by Crippen LogP contribution is 2.41. The molecule has 82 heavy (non-hydrogen) atoms. The number of thiazole rings is 1. The number of nitriles is 1. The van der Waals surface area contributed by atoms with Crippen molar-refractivity contribution in [2.24, 2.45) is 5.92 Å². The lowest BCUT2D eigenvalue weighted by molar-refractivity contribution is -0.140. The number of carbonyl (C=O) groups is 3. The quantitative estimate of drug-likeness (QED) is 0.0431. The van der Waals surface area contributed by atoms with Crippen LogP contribution in [0.1, 0.15) is 68.5 Å². The van der Waals surface area contributed by atoms with Crippen LogP contribution in [0.25, 0.3) is 33.2 Å². The van der Waals surface area contributed by atoms with Crippen LogP contribution in [0.3, 0.4) is 0 Å². The SMILES string of the molecule is COc1ccc(C#N)cc1-c1ccnc(Nc2ccc(N3CCN(C)CC3)c(OCCOCCOCCOCCOc3ccc(-c4csc([C@@H]5CCCN5C(=O)[C@@H](NC(=O)[C@H](C)N(C)C(=O)O)C5CCCCC5)n4)c4ccccc34)c2)c1. The second-order valence-corrected chi connectivity index (χ2v) is 21.8. The zero-order valence-electron chi connectivity index (χ0n) is 47.3. The number of nitrogens with zero attached hydrogens (tertiary/aromatic N) is 7. The van der Waals surface area contributed by atoms with Crippen LogP contribution >= 0.6 is 11.3 Å². The number of hydrogen-bond donors (Lipinski definition) is 3. The molecule has 19 nitrogen and oxygen atoms in total. The molecule has 0 spiro atoms. The van der Waals surface area contributed by atoms with Gasteiger partial charge in [-0.2, -0.15) is 5.26 Å². The third-order valence-electron chi connectivity index (χ3n) is 15.6. The molecule has 3 fully saturated rings. The van der Waals surface area contributed by atoms with Gasteiger partial charge in [-0.3, -0.25) is 14.5 Å². The molecule has 20 heteroatoms. The maximum atomic E-state index is 14.5. The maximum absolute atomic E-state index is 14.5. The van der Waals surface area contributed by atoms with Gasteiger partial charge in [0.15, 0.2) is 0 Å². The number of piperazine rings is 1. The molecule has 2 aromatic heterocycles. The van der Waals surface area contributed by atoms with E-state index in [2.05, 4.69) is 50.7 Å². The monoisotopic (exact) mass is 1140 g/mol. The zero-order chi connectivity index (χ0) is 57.4. The number of fused-ring (bicyclic) bond motifs is 1. The third kappa shape index (κ3) is 14.9. The minimum atomic E-state index is -1.20. The van der Waals surface area contributed by atoms with Gasteiger partial charge < -0.3 is 58.9 Å². The maximum Gasteiger partial charge on any atom is 0.407 e. The third-order valence-corrected chi connectivity index (χ3v) is 16.6. The molecule has 1 saturated carbocycles. The Morgan fingerprint density at radius 1 is 0.780 bits per heavy atom. The Hall–Kier alpha value is -7.54. The number of anilines is 3. The van der Waals surface area contributed by atoms with E-state index in [0.717, 1.165) is 137 Å². The van der Waals surface area contributed by atoms with Crippen LogP contribution in [0.15, 0.2) is 96.5 Å². The molecule has 3 atom stereocenters. The predicted octanol–water partition coefficient (Wildman–Crippen LogP) is 9.64. The van der Waals surface area contributed by atoms with Gasteiger partial charge >= 0.3 is 6.09 Å². The van der Waals surface area contributed by atoms with E-state index in [4.69, 9.17) is 33.4 Å². The number of hydrogen-bond acceptors (Lipinski definition) is 16. The van der Waals surface area contributed by atoms with Gasteiger partial charge in [0.05, 0.1) is 75.8 Å². The van der Waals surface area contributed by atoms with Gasteiger partial charge in [-0.15, -0.1) is 11.3 Å². The summed E-state index contributed by atoms with van der Waals surface area (Å²) in [7, 11) is 5.12. The topological polar surface area (TPSA) is 213 Å². The molecule has 3 N–H and O–H groups in total. The second kappa shape index (κ2) is 28.9. The summed E-state index contributed by atoms with van der Waals surface area (Å²) in [5.41, 5.74) is 5.84. The molecule has 0 unspecified atom stereocenters. The number of amides is 3. The zero-order valence-corrected chi connectivity index (χ0v) is 48.2. The molecule has 0 bridgehead atoms. The van der Waals surface area contributed by atoms with Crippen molar-refractivity contribution in [3.8, 4) is 45.7 Å². The standard InChI is InChI=1S/C62H75N9O10S/c1-42(69(3)62(74)75)59(72)67-58(44-11-6-5-7-12-44)61(73)71-24-10-15-53(71)60-66-51(41-82-60)48-18-21-55(49-14-9-8-13-47(48)49)80-35-33-78-31-29-77-30-32-79-34-36-81-56-39-46(17-19-52(56)70-27-25-68(2)26-28-70)65-57-38-45(22-23-64-57)50-37-43(40-63)16-20-54(50)76-4/h8-9,13-14,16-23,37-39,41-42,44,53,58H,5-7,10-12,15,24-36H2,1-4H3,(H,64,65)(H,67,72)(H,74,75)/t42-,53-,58-/m0/s1. The Labute approximate surface area is 484 Å². The van der Waals surface area contributed by atoms with Crippen molar-refractivity contribution in [3.63, 3.8) is 0 Å². The molecule has 2 aliphatic heterocycles. The van der Waals surface area contributed by atoms with Crippen molar-refractivity contribution in [1.29, 1.82) is 5.26 Å². The van der Waals surface area contributed by atoms with E-state index >= 15 is 0 Å². The molecular weight excluding hydrogens is 1060 g/mol. The molecule has 6 aromatic rings. The van der Waals surface area contributed by atoms with Crippen molar-refractivity contribution in [2.75, 3.05) is 117 Å². The van der Waals surface area contributed by atoms with Gasteiger partial charge in [0, 0.05) is 79.6 Å². The van der Waals surface area contributed by atoms with Gasteiger partial charge in [0.2, 0.25) is 11.8 Å². The summed E-state index contributed by atoms with van der Waals surface area (Å²) in [5, 5.41) is 30.3. The highest BCUT2D eigenvalue weighted by Gasteiger charge is 2.41. The molecule has 4 heterocycles. The minimum Gasteiger partial charge on any atom is -0.496 e. The number of rotatable bonds is 26. The van der Waals surface area contributed by atoms with Crippen LogP contribution in [-0.2, 0) is 23.8 Å². The van der Waals surface area contributed by atoms with E-state index in [-0.39, 0.29) is 17.9 Å². The van der Waals surface area contributed by atoms with Crippen molar-refractivity contribution in [3.05, 3.63) is 107 Å². The Morgan fingerprint density at radius 2 is 1.48 bits per heavy atom. The summed E-state index contributed by atoms with van der Waals surface area (Å²) in [4.78, 5) is 56.7. The molecular formula is C62H75N9O10S. The molecule has 2 saturated heterocycles. The normalized spacial score (nSPS) is 16.5. The van der Waals surface area contributed by atoms with E-state index in [1.165, 1.54) is 18.4 Å². The average molecular weight is 1140 g/mol. The van der Waals surface area contributed by atoms with Crippen molar-refractivity contribution >= 4 is 57.2 Å². The van der Waals surface area contributed by atoms with Crippen LogP contribution < -0.4 is 29.7 Å². The highest BCUT2D eigenvalue weighted by atomic mass is 32.1. The number of pyridine rings is 1. The summed E-state index contributed by atoms with van der Waals surface area (Å²) in [6, 6.07) is 27.7. The Kier molecular flexibility index (Phi) is 20.9. The first-order chi connectivity index (χ1) is 40.0. The molecule has 3 amide bonds. The van der Waals surface area contributed by atoms with Gasteiger partial charge in [0.1, 0.15) is 53.4 Å². The van der Waals surface area contributed by atoms with Gasteiger partial charge in [0.25, 0.3) is 0 Å². The average Bonchev–Trinajstić information content (AvgIpc) is 4.21. The van der Waals surface area contributed by atoms with Crippen molar-refractivity contribution in [2.45, 2.75) is 70.0 Å². The molecule has 1 aliphatic carbocycles. The van der Waals surface area contributed by atoms with Gasteiger partial charge in [-0.05, 0) is 111 Å². The molecule has 0 radical (unpaired) electrons. The summed E-state index contributed by atoms with van der Waals surface area (Å²) in [5.74, 6) is 2.19. The summed E-state index contributed by atoms with van der Waals surface area (Å²) in [6.07, 6.45) is 6.85. The van der Waals surface area contributed by atoms with Crippen LogP contribution in [0.5, 0.6) is 17.2 Å². The van der Waals surface area contributed by atoms with E-state index in [1.54, 1.807) is 32.4 Å². The minimum absolute atomic E-state index is 0.0159. The molecule has 4 aromatic carbocycles. The van der Waals surface area contributed by atoms with Crippen LogP contribution in [-0.4, -0.2) is 167 Å². The number of benzene rings is 4. The number of methoxy groups -OCH3 is 1. The second-order valence-electron chi connectivity index (χ2n) is 21.0. The fraction of sp³-hybridized carbons (Fsp3) is 0.452. The van der Waals surface area contributed by atoms with E-state index in [1.807, 2.05) is 70.9 Å². The summed E-state index contributed by atoms with van der Waals surface area (Å²) >= 11 is 1.54. The fourth-order valence-electron chi connectivity index (χ4n) is 10.9. The molecule has 434 valence electrons. The van der Waals surface area contributed by atoms with Crippen LogP contribution in [0.4, 0.5) is 22.0 Å². The predicted molar refractivity (Wildman–Crippen MR) is 316 cm³/mol. The number of likely N-dealkylation sites (tertiary alicyclic amines) is 1. The number of likely N-dealkylation sites (N-methyl/N-ethyl adjacent to an activating group) is 2. The van der Waals surface area contributed by atoms with Crippen molar-refractivity contribution in [1.82, 2.24) is 30.0 Å².